The van der Waals surface area contributed by atoms with Gasteiger partial charge in [0.15, 0.2) is 6.61 Å². The summed E-state index contributed by atoms with van der Waals surface area (Å²) in [5, 5.41) is 2.56. The highest BCUT2D eigenvalue weighted by molar-refractivity contribution is 5.91. The van der Waals surface area contributed by atoms with Gasteiger partial charge in [-0.1, -0.05) is 18.2 Å². The molecule has 0 saturated carbocycles. The Bertz CT molecular complexity index is 794. The molecule has 5 nitrogen and oxygen atoms in total. The van der Waals surface area contributed by atoms with Crippen molar-refractivity contribution in [3.05, 3.63) is 65.0 Å². The molecule has 0 aliphatic heterocycles. The zero-order valence-electron chi connectivity index (χ0n) is 14.5. The molecule has 144 valence electrons. The number of carbonyl (C=O) groups is 2. The van der Waals surface area contributed by atoms with Crippen molar-refractivity contribution in [3.63, 3.8) is 0 Å². The summed E-state index contributed by atoms with van der Waals surface area (Å²) in [5.41, 5.74) is 1.24. The molecular weight excluding hydrogens is 363 g/mol. The number of ether oxygens (including phenoxy) is 2. The summed E-state index contributed by atoms with van der Waals surface area (Å²) in [6, 6.07) is 9.95. The minimum Gasteiger partial charge on any atom is -0.452 e. The van der Waals surface area contributed by atoms with E-state index in [4.69, 9.17) is 4.74 Å². The van der Waals surface area contributed by atoms with Gasteiger partial charge in [-0.15, -0.1) is 0 Å². The summed E-state index contributed by atoms with van der Waals surface area (Å²) in [4.78, 5) is 23.5. The minimum atomic E-state index is -2.88. The second kappa shape index (κ2) is 9.61. The quantitative estimate of drug-likeness (QED) is 0.713. The average molecular weight is 381 g/mol. The molecule has 8 heteroatoms. The van der Waals surface area contributed by atoms with Crippen LogP contribution in [0.4, 0.5) is 13.2 Å². The fourth-order valence-corrected chi connectivity index (χ4v) is 2.17. The van der Waals surface area contributed by atoms with Crippen molar-refractivity contribution < 1.29 is 32.2 Å². The number of rotatable bonds is 8. The molecule has 27 heavy (non-hydrogen) atoms. The lowest BCUT2D eigenvalue weighted by Crippen LogP contribution is -2.30. The fourth-order valence-electron chi connectivity index (χ4n) is 2.17. The van der Waals surface area contributed by atoms with Crippen molar-refractivity contribution in [1.29, 1.82) is 0 Å². The highest BCUT2D eigenvalue weighted by Crippen LogP contribution is 2.15. The highest BCUT2D eigenvalue weighted by atomic mass is 19.3. The van der Waals surface area contributed by atoms with Crippen LogP contribution in [-0.4, -0.2) is 31.6 Å². The van der Waals surface area contributed by atoms with Crippen LogP contribution >= 0.6 is 0 Å². The number of hydrogen-bond acceptors (Lipinski definition) is 4. The largest absolute Gasteiger partial charge is 0.452 e. The van der Waals surface area contributed by atoms with Crippen molar-refractivity contribution >= 4 is 11.9 Å². The van der Waals surface area contributed by atoms with Crippen LogP contribution in [0.2, 0.25) is 0 Å². The van der Waals surface area contributed by atoms with Crippen LogP contribution in [0.1, 0.15) is 21.5 Å². The molecule has 0 unspecified atom stereocenters. The predicted molar refractivity (Wildman–Crippen MR) is 91.2 cm³/mol. The standard InChI is InChI=1S/C19H18F3NO4/c1-12-2-5-14(10-16(12)20)18(25)26-11-17(24)23-9-8-13-3-6-15(7-4-13)27-19(21)22/h2-7,10,19H,8-9,11H2,1H3,(H,23,24). The van der Waals surface area contributed by atoms with Gasteiger partial charge in [-0.3, -0.25) is 4.79 Å². The summed E-state index contributed by atoms with van der Waals surface area (Å²) in [5.74, 6) is -1.77. The van der Waals surface area contributed by atoms with Crippen LogP contribution in [-0.2, 0) is 16.0 Å². The Morgan fingerprint density at radius 2 is 1.81 bits per heavy atom. The maximum atomic E-state index is 13.4. The van der Waals surface area contributed by atoms with Gasteiger partial charge in [-0.2, -0.15) is 8.78 Å². The van der Waals surface area contributed by atoms with E-state index < -0.39 is 30.9 Å². The first-order valence-electron chi connectivity index (χ1n) is 8.09. The second-order valence-corrected chi connectivity index (χ2v) is 5.66. The van der Waals surface area contributed by atoms with Crippen LogP contribution in [0.3, 0.4) is 0 Å². The van der Waals surface area contributed by atoms with Crippen LogP contribution < -0.4 is 10.1 Å². The molecule has 1 amide bonds. The first kappa shape index (κ1) is 20.3. The molecule has 0 fully saturated rings. The molecule has 0 spiro atoms. The molecular formula is C19H18F3NO4. The third-order valence-corrected chi connectivity index (χ3v) is 3.63. The molecule has 2 aromatic carbocycles. The van der Waals surface area contributed by atoms with Crippen molar-refractivity contribution in [2.45, 2.75) is 20.0 Å². The van der Waals surface area contributed by atoms with E-state index in [0.29, 0.717) is 12.0 Å². The predicted octanol–water partition coefficient (Wildman–Crippen LogP) is 3.25. The van der Waals surface area contributed by atoms with Crippen molar-refractivity contribution in [3.8, 4) is 5.75 Å². The van der Waals surface area contributed by atoms with Gasteiger partial charge in [-0.05, 0) is 48.7 Å². The normalized spacial score (nSPS) is 10.6. The van der Waals surface area contributed by atoms with E-state index >= 15 is 0 Å². The third kappa shape index (κ3) is 6.65. The number of hydrogen-bond donors (Lipinski definition) is 1. The first-order valence-corrected chi connectivity index (χ1v) is 8.09. The number of halogens is 3. The molecule has 0 aliphatic carbocycles. The van der Waals surface area contributed by atoms with E-state index in [2.05, 4.69) is 10.1 Å². The number of carbonyl (C=O) groups excluding carboxylic acids is 2. The molecule has 0 aromatic heterocycles. The van der Waals surface area contributed by atoms with Gasteiger partial charge in [0.2, 0.25) is 0 Å². The van der Waals surface area contributed by atoms with Crippen molar-refractivity contribution in [2.75, 3.05) is 13.2 Å². The minimum absolute atomic E-state index is 0.0250. The molecule has 0 saturated heterocycles. The van der Waals surface area contributed by atoms with Crippen LogP contribution in [0.5, 0.6) is 5.75 Å². The van der Waals surface area contributed by atoms with E-state index in [1.54, 1.807) is 19.1 Å². The smallest absolute Gasteiger partial charge is 0.387 e. The van der Waals surface area contributed by atoms with Gasteiger partial charge in [-0.25, -0.2) is 9.18 Å². The molecule has 2 aromatic rings. The molecule has 0 aliphatic rings. The summed E-state index contributed by atoms with van der Waals surface area (Å²) in [6.45, 7) is -1.54. The summed E-state index contributed by atoms with van der Waals surface area (Å²) < 4.78 is 46.6. The second-order valence-electron chi connectivity index (χ2n) is 5.66. The van der Waals surface area contributed by atoms with Crippen molar-refractivity contribution in [1.82, 2.24) is 5.32 Å². The number of benzene rings is 2. The van der Waals surface area contributed by atoms with Crippen molar-refractivity contribution in [2.24, 2.45) is 0 Å². The Hall–Kier alpha value is -3.03. The van der Waals surface area contributed by atoms with Crippen LogP contribution in [0.25, 0.3) is 0 Å². The van der Waals surface area contributed by atoms with Gasteiger partial charge < -0.3 is 14.8 Å². The molecule has 0 heterocycles. The van der Waals surface area contributed by atoms with E-state index in [0.717, 1.165) is 11.6 Å². The average Bonchev–Trinajstić information content (AvgIpc) is 2.63. The maximum absolute atomic E-state index is 13.4. The Morgan fingerprint density at radius 1 is 1.11 bits per heavy atom. The van der Waals surface area contributed by atoms with Crippen LogP contribution in [0, 0.1) is 12.7 Å². The lowest BCUT2D eigenvalue weighted by atomic mass is 10.1. The van der Waals surface area contributed by atoms with Gasteiger partial charge in [0, 0.05) is 6.54 Å². The topological polar surface area (TPSA) is 64.6 Å². The maximum Gasteiger partial charge on any atom is 0.387 e. The number of alkyl halides is 2. The number of amides is 1. The molecule has 1 N–H and O–H groups in total. The van der Waals surface area contributed by atoms with E-state index in [1.807, 2.05) is 0 Å². The molecule has 0 bridgehead atoms. The third-order valence-electron chi connectivity index (χ3n) is 3.63. The lowest BCUT2D eigenvalue weighted by molar-refractivity contribution is -0.124. The molecule has 0 radical (unpaired) electrons. The first-order chi connectivity index (χ1) is 12.8. The van der Waals surface area contributed by atoms with E-state index in [-0.39, 0.29) is 17.9 Å². The monoisotopic (exact) mass is 381 g/mol. The summed E-state index contributed by atoms with van der Waals surface area (Å²) in [6.07, 6.45) is 0.456. The zero-order valence-corrected chi connectivity index (χ0v) is 14.5. The highest BCUT2D eigenvalue weighted by Gasteiger charge is 2.12. The number of esters is 1. The van der Waals surface area contributed by atoms with Crippen LogP contribution in [0.15, 0.2) is 42.5 Å². The number of nitrogens with one attached hydrogen (secondary N) is 1. The van der Waals surface area contributed by atoms with Gasteiger partial charge in [0.25, 0.3) is 5.91 Å². The zero-order chi connectivity index (χ0) is 19.8. The summed E-state index contributed by atoms with van der Waals surface area (Å²) >= 11 is 0. The molecule has 2 rings (SSSR count). The Kier molecular flexibility index (Phi) is 7.22. The molecule has 0 atom stereocenters. The Morgan fingerprint density at radius 3 is 2.44 bits per heavy atom. The Labute approximate surface area is 154 Å². The fraction of sp³-hybridized carbons (Fsp3) is 0.263. The van der Waals surface area contributed by atoms with Gasteiger partial charge in [0.05, 0.1) is 5.56 Å². The van der Waals surface area contributed by atoms with E-state index in [1.165, 1.54) is 24.3 Å². The van der Waals surface area contributed by atoms with Gasteiger partial charge >= 0.3 is 12.6 Å². The lowest BCUT2D eigenvalue weighted by Gasteiger charge is -2.08. The van der Waals surface area contributed by atoms with Gasteiger partial charge in [0.1, 0.15) is 11.6 Å². The SMILES string of the molecule is Cc1ccc(C(=O)OCC(=O)NCCc2ccc(OC(F)F)cc2)cc1F. The number of aryl methyl sites for hydroxylation is 1. The Balaban J connectivity index is 1.71. The van der Waals surface area contributed by atoms with E-state index in [9.17, 15) is 22.8 Å². The summed E-state index contributed by atoms with van der Waals surface area (Å²) in [7, 11) is 0.